The Bertz CT molecular complexity index is 1350. The van der Waals surface area contributed by atoms with Crippen molar-refractivity contribution in [1.29, 1.82) is 0 Å². The molecule has 0 aliphatic carbocycles. The van der Waals surface area contributed by atoms with Gasteiger partial charge in [-0.15, -0.1) is 0 Å². The van der Waals surface area contributed by atoms with E-state index in [0.717, 1.165) is 28.7 Å². The molecule has 0 fully saturated rings. The molecule has 0 bridgehead atoms. The van der Waals surface area contributed by atoms with Gasteiger partial charge in [-0.05, 0) is 43.5 Å². The second kappa shape index (κ2) is 9.09. The van der Waals surface area contributed by atoms with Gasteiger partial charge in [0.05, 0.1) is 22.9 Å². The normalized spacial score (nSPS) is 11.9. The van der Waals surface area contributed by atoms with Crippen molar-refractivity contribution in [3.8, 4) is 0 Å². The molecule has 9 heteroatoms. The number of aromatic nitrogens is 3. The Morgan fingerprint density at radius 2 is 1.82 bits per heavy atom. The Labute approximate surface area is 187 Å². The zero-order valence-corrected chi connectivity index (χ0v) is 18.0. The Kier molecular flexibility index (Phi) is 6.22. The van der Waals surface area contributed by atoms with Crippen molar-refractivity contribution in [2.45, 2.75) is 38.9 Å². The number of halogens is 3. The Morgan fingerprint density at radius 3 is 2.55 bits per heavy atom. The molecule has 2 N–H and O–H groups in total. The van der Waals surface area contributed by atoms with Crippen LogP contribution >= 0.6 is 0 Å². The molecule has 2 aromatic carbocycles. The first-order chi connectivity index (χ1) is 15.8. The molecule has 0 aliphatic rings. The van der Waals surface area contributed by atoms with Crippen LogP contribution < -0.4 is 10.9 Å². The second-order valence-corrected chi connectivity index (χ2v) is 7.97. The molecular weight excluding hydrogens is 433 g/mol. The number of unbranched alkanes of at least 4 members (excludes halogenated alkanes) is 1. The van der Waals surface area contributed by atoms with Crippen LogP contribution in [0.3, 0.4) is 0 Å². The van der Waals surface area contributed by atoms with Gasteiger partial charge in [-0.3, -0.25) is 14.7 Å². The maximum Gasteiger partial charge on any atom is 0.416 e. The van der Waals surface area contributed by atoms with Crippen molar-refractivity contribution >= 4 is 27.7 Å². The van der Waals surface area contributed by atoms with Gasteiger partial charge in [-0.1, -0.05) is 30.3 Å². The molecule has 2 aromatic heterocycles. The van der Waals surface area contributed by atoms with E-state index in [4.69, 9.17) is 0 Å². The molecule has 33 heavy (non-hydrogen) atoms. The summed E-state index contributed by atoms with van der Waals surface area (Å²) in [7, 11) is 0. The van der Waals surface area contributed by atoms with Crippen molar-refractivity contribution in [3.05, 3.63) is 75.7 Å². The number of aryl methyl sites for hydroxylation is 2. The van der Waals surface area contributed by atoms with Gasteiger partial charge in [0.25, 0.3) is 5.56 Å². The Morgan fingerprint density at radius 1 is 1.09 bits per heavy atom. The van der Waals surface area contributed by atoms with Gasteiger partial charge in [0, 0.05) is 24.2 Å². The summed E-state index contributed by atoms with van der Waals surface area (Å²) in [6, 6.07) is 12.2. The maximum atomic E-state index is 13.0. The van der Waals surface area contributed by atoms with E-state index >= 15 is 0 Å². The van der Waals surface area contributed by atoms with Gasteiger partial charge in [0.1, 0.15) is 5.52 Å². The number of nitrogens with zero attached hydrogens (tertiary/aromatic N) is 2. The van der Waals surface area contributed by atoms with Gasteiger partial charge in [0.2, 0.25) is 5.91 Å². The Hall–Kier alpha value is -3.62. The predicted molar refractivity (Wildman–Crippen MR) is 120 cm³/mol. The quantitative estimate of drug-likeness (QED) is 0.406. The van der Waals surface area contributed by atoms with Crippen LogP contribution in [0.5, 0.6) is 0 Å². The molecular formula is C24H23F3N4O2. The van der Waals surface area contributed by atoms with Gasteiger partial charge in [-0.2, -0.15) is 18.3 Å². The SMILES string of the molecule is Cc1[nH]nc2c1c(=O)n(CCCCNC(=O)Cc1ccc(C(F)(F)F)cc1)c1ccccc21. The number of carbonyl (C=O) groups is 1. The van der Waals surface area contributed by atoms with Crippen LogP contribution in [0.4, 0.5) is 13.2 Å². The molecule has 0 aliphatic heterocycles. The van der Waals surface area contributed by atoms with Crippen molar-refractivity contribution in [1.82, 2.24) is 20.1 Å². The second-order valence-electron chi connectivity index (χ2n) is 7.97. The summed E-state index contributed by atoms with van der Waals surface area (Å²) < 4.78 is 39.6. The lowest BCUT2D eigenvalue weighted by Gasteiger charge is -2.12. The topological polar surface area (TPSA) is 79.8 Å². The lowest BCUT2D eigenvalue weighted by atomic mass is 10.1. The summed E-state index contributed by atoms with van der Waals surface area (Å²) in [5, 5.41) is 11.4. The van der Waals surface area contributed by atoms with E-state index in [1.165, 1.54) is 12.1 Å². The molecule has 0 saturated heterocycles. The van der Waals surface area contributed by atoms with Crippen molar-refractivity contribution < 1.29 is 18.0 Å². The van der Waals surface area contributed by atoms with Gasteiger partial charge >= 0.3 is 6.18 Å². The molecule has 6 nitrogen and oxygen atoms in total. The number of rotatable bonds is 7. The smallest absolute Gasteiger partial charge is 0.356 e. The van der Waals surface area contributed by atoms with Crippen LogP contribution in [0.25, 0.3) is 21.8 Å². The molecule has 0 radical (unpaired) electrons. The fourth-order valence-electron chi connectivity index (χ4n) is 3.94. The predicted octanol–water partition coefficient (Wildman–Crippen LogP) is 4.34. The summed E-state index contributed by atoms with van der Waals surface area (Å²) >= 11 is 0. The summed E-state index contributed by atoms with van der Waals surface area (Å²) in [5.41, 5.74) is 1.89. The largest absolute Gasteiger partial charge is 0.416 e. The number of fused-ring (bicyclic) bond motifs is 3. The summed E-state index contributed by atoms with van der Waals surface area (Å²) in [6.07, 6.45) is -3.05. The number of hydrogen-bond acceptors (Lipinski definition) is 3. The first kappa shape index (κ1) is 22.6. The monoisotopic (exact) mass is 456 g/mol. The average molecular weight is 456 g/mol. The summed E-state index contributed by atoms with van der Waals surface area (Å²) in [6.45, 7) is 2.73. The first-order valence-corrected chi connectivity index (χ1v) is 10.6. The molecule has 4 aromatic rings. The molecule has 0 saturated carbocycles. The van der Waals surface area contributed by atoms with Gasteiger partial charge in [0.15, 0.2) is 0 Å². The lowest BCUT2D eigenvalue weighted by molar-refractivity contribution is -0.137. The lowest BCUT2D eigenvalue weighted by Crippen LogP contribution is -2.27. The number of H-pyrrole nitrogens is 1. The molecule has 0 atom stereocenters. The summed E-state index contributed by atoms with van der Waals surface area (Å²) in [4.78, 5) is 25.2. The molecule has 2 heterocycles. The van der Waals surface area contributed by atoms with E-state index in [9.17, 15) is 22.8 Å². The number of para-hydroxylation sites is 1. The third-order valence-corrected chi connectivity index (χ3v) is 5.63. The minimum atomic E-state index is -4.39. The highest BCUT2D eigenvalue weighted by molar-refractivity contribution is 6.03. The molecule has 0 spiro atoms. The fourth-order valence-corrected chi connectivity index (χ4v) is 3.94. The van der Waals surface area contributed by atoms with Crippen LogP contribution in [0.1, 0.15) is 29.7 Å². The van der Waals surface area contributed by atoms with E-state index in [2.05, 4.69) is 15.5 Å². The minimum Gasteiger partial charge on any atom is -0.356 e. The number of carbonyl (C=O) groups excluding carboxylic acids is 1. The number of aromatic amines is 1. The molecule has 0 unspecified atom stereocenters. The third kappa shape index (κ3) is 4.76. The number of amides is 1. The summed E-state index contributed by atoms with van der Waals surface area (Å²) in [5.74, 6) is -0.257. The van der Waals surface area contributed by atoms with Crippen LogP contribution in [0.2, 0.25) is 0 Å². The van der Waals surface area contributed by atoms with Crippen LogP contribution in [0.15, 0.2) is 53.3 Å². The van der Waals surface area contributed by atoms with E-state index in [0.29, 0.717) is 42.4 Å². The molecule has 4 rings (SSSR count). The number of alkyl halides is 3. The van der Waals surface area contributed by atoms with E-state index < -0.39 is 11.7 Å². The van der Waals surface area contributed by atoms with Crippen molar-refractivity contribution in [2.24, 2.45) is 0 Å². The maximum absolute atomic E-state index is 13.0. The number of hydrogen-bond donors (Lipinski definition) is 2. The van der Waals surface area contributed by atoms with Gasteiger partial charge < -0.3 is 9.88 Å². The number of benzene rings is 2. The zero-order valence-electron chi connectivity index (χ0n) is 18.0. The minimum absolute atomic E-state index is 0.0126. The highest BCUT2D eigenvalue weighted by atomic mass is 19.4. The first-order valence-electron chi connectivity index (χ1n) is 10.6. The molecule has 172 valence electrons. The van der Waals surface area contributed by atoms with Gasteiger partial charge in [-0.25, -0.2) is 0 Å². The van der Waals surface area contributed by atoms with E-state index in [1.54, 1.807) is 4.57 Å². The molecule has 1 amide bonds. The average Bonchev–Trinajstić information content (AvgIpc) is 3.17. The zero-order chi connectivity index (χ0) is 23.6. The van der Waals surface area contributed by atoms with Crippen LogP contribution in [-0.2, 0) is 23.9 Å². The van der Waals surface area contributed by atoms with E-state index in [1.807, 2.05) is 31.2 Å². The highest BCUT2D eigenvalue weighted by Gasteiger charge is 2.29. The van der Waals surface area contributed by atoms with Crippen molar-refractivity contribution in [2.75, 3.05) is 6.54 Å². The van der Waals surface area contributed by atoms with Crippen LogP contribution in [0, 0.1) is 6.92 Å². The Balaban J connectivity index is 1.34. The number of pyridine rings is 1. The highest BCUT2D eigenvalue weighted by Crippen LogP contribution is 2.29. The fraction of sp³-hybridized carbons (Fsp3) is 0.292. The standard InChI is InChI=1S/C24H23F3N4O2/c1-15-21-22(30-29-15)18-6-2-3-7-19(18)31(23(21)33)13-5-4-12-28-20(32)14-16-8-10-17(11-9-16)24(25,26)27/h2-3,6-11H,4-5,12-14H2,1H3,(H,28,32)(H,29,30). The van der Waals surface area contributed by atoms with Crippen LogP contribution in [-0.4, -0.2) is 27.2 Å². The third-order valence-electron chi connectivity index (χ3n) is 5.63. The number of nitrogens with one attached hydrogen (secondary N) is 2. The van der Waals surface area contributed by atoms with E-state index in [-0.39, 0.29) is 17.9 Å². The van der Waals surface area contributed by atoms with Crippen molar-refractivity contribution in [3.63, 3.8) is 0 Å².